The highest BCUT2D eigenvalue weighted by Crippen LogP contribution is 2.33. The zero-order valence-electron chi connectivity index (χ0n) is 23.8. The van der Waals surface area contributed by atoms with Crippen molar-refractivity contribution in [1.82, 2.24) is 5.32 Å². The predicted octanol–water partition coefficient (Wildman–Crippen LogP) is 6.10. The molecule has 4 aromatic rings. The summed E-state index contributed by atoms with van der Waals surface area (Å²) in [6, 6.07) is 29.8. The number of rotatable bonds is 14. The summed E-state index contributed by atoms with van der Waals surface area (Å²) in [5.74, 6) is 0.141. The molecule has 0 spiro atoms. The molecule has 0 saturated carbocycles. The predicted molar refractivity (Wildman–Crippen MR) is 169 cm³/mol. The van der Waals surface area contributed by atoms with Gasteiger partial charge in [-0.25, -0.2) is 4.79 Å². The number of anilines is 1. The number of thioether (sulfide) groups is 1. The Balaban J connectivity index is 1.25. The lowest BCUT2D eigenvalue weighted by Gasteiger charge is -2.12. The normalized spacial score (nSPS) is 10.5. The molecule has 222 valence electrons. The summed E-state index contributed by atoms with van der Waals surface area (Å²) in [5, 5.41) is 5.72. The second-order valence-electron chi connectivity index (χ2n) is 9.11. The number of carbonyl (C=O) groups is 3. The third kappa shape index (κ3) is 9.56. The first kappa shape index (κ1) is 31.5. The fraction of sp³-hybridized carbons (Fsp3) is 0.182. The first-order valence-electron chi connectivity index (χ1n) is 13.4. The topological polar surface area (TPSA) is 103 Å². The van der Waals surface area contributed by atoms with Gasteiger partial charge in [0, 0.05) is 21.2 Å². The van der Waals surface area contributed by atoms with Crippen molar-refractivity contribution >= 4 is 47.0 Å². The summed E-state index contributed by atoms with van der Waals surface area (Å²) in [4.78, 5) is 40.5. The number of amides is 2. The SMILES string of the molecule is COc1ccc(CCNC(=O)CSc2ccccc2C(=O)OCC(=O)Nc2ccccc2Sc2ccccc2)cc1OC. The monoisotopic (exact) mass is 616 g/mol. The van der Waals surface area contributed by atoms with Gasteiger partial charge in [-0.1, -0.05) is 60.3 Å². The number of carbonyl (C=O) groups excluding carboxylic acids is 3. The zero-order chi connectivity index (χ0) is 30.4. The summed E-state index contributed by atoms with van der Waals surface area (Å²) >= 11 is 2.75. The number of para-hydroxylation sites is 1. The van der Waals surface area contributed by atoms with Crippen LogP contribution in [-0.4, -0.2) is 50.9 Å². The Morgan fingerprint density at radius 3 is 2.21 bits per heavy atom. The van der Waals surface area contributed by atoms with Crippen LogP contribution in [0.15, 0.2) is 112 Å². The average molecular weight is 617 g/mol. The van der Waals surface area contributed by atoms with Crippen LogP contribution in [0.4, 0.5) is 5.69 Å². The van der Waals surface area contributed by atoms with Crippen LogP contribution in [0.5, 0.6) is 11.5 Å². The molecule has 0 aliphatic rings. The van der Waals surface area contributed by atoms with Crippen molar-refractivity contribution < 1.29 is 28.6 Å². The number of hydrogen-bond donors (Lipinski definition) is 2. The summed E-state index contributed by atoms with van der Waals surface area (Å²) in [6.07, 6.45) is 0.622. The summed E-state index contributed by atoms with van der Waals surface area (Å²) < 4.78 is 15.9. The van der Waals surface area contributed by atoms with Gasteiger partial charge < -0.3 is 24.8 Å². The van der Waals surface area contributed by atoms with Crippen molar-refractivity contribution in [3.8, 4) is 11.5 Å². The van der Waals surface area contributed by atoms with Crippen molar-refractivity contribution in [3.63, 3.8) is 0 Å². The van der Waals surface area contributed by atoms with Crippen LogP contribution >= 0.6 is 23.5 Å². The van der Waals surface area contributed by atoms with E-state index in [1.54, 1.807) is 44.6 Å². The highest BCUT2D eigenvalue weighted by atomic mass is 32.2. The molecule has 4 aromatic carbocycles. The van der Waals surface area contributed by atoms with Gasteiger partial charge in [0.2, 0.25) is 5.91 Å². The van der Waals surface area contributed by atoms with Crippen LogP contribution in [-0.2, 0) is 20.7 Å². The maximum absolute atomic E-state index is 12.9. The minimum atomic E-state index is -0.640. The van der Waals surface area contributed by atoms with Gasteiger partial charge in [0.1, 0.15) is 0 Å². The van der Waals surface area contributed by atoms with E-state index in [-0.39, 0.29) is 11.7 Å². The molecule has 2 N–H and O–H groups in total. The van der Waals surface area contributed by atoms with Crippen LogP contribution < -0.4 is 20.1 Å². The maximum atomic E-state index is 12.9. The van der Waals surface area contributed by atoms with E-state index in [0.717, 1.165) is 15.4 Å². The Kier molecular flexibility index (Phi) is 11.9. The van der Waals surface area contributed by atoms with Gasteiger partial charge in [-0.2, -0.15) is 0 Å². The van der Waals surface area contributed by atoms with Gasteiger partial charge in [0.05, 0.1) is 31.2 Å². The molecule has 0 atom stereocenters. The molecule has 0 heterocycles. The minimum Gasteiger partial charge on any atom is -0.493 e. The van der Waals surface area contributed by atoms with Gasteiger partial charge >= 0.3 is 5.97 Å². The van der Waals surface area contributed by atoms with Crippen molar-refractivity contribution in [2.45, 2.75) is 21.1 Å². The lowest BCUT2D eigenvalue weighted by Crippen LogP contribution is -2.27. The second-order valence-corrected chi connectivity index (χ2v) is 11.2. The molecule has 0 bridgehead atoms. The Labute approximate surface area is 259 Å². The van der Waals surface area contributed by atoms with E-state index < -0.39 is 18.5 Å². The smallest absolute Gasteiger partial charge is 0.339 e. The number of methoxy groups -OCH3 is 2. The van der Waals surface area contributed by atoms with E-state index in [4.69, 9.17) is 14.2 Å². The van der Waals surface area contributed by atoms with E-state index in [1.807, 2.05) is 66.7 Å². The van der Waals surface area contributed by atoms with Crippen molar-refractivity contribution in [1.29, 1.82) is 0 Å². The molecule has 0 radical (unpaired) electrons. The fourth-order valence-corrected chi connectivity index (χ4v) is 5.80. The first-order valence-corrected chi connectivity index (χ1v) is 15.3. The van der Waals surface area contributed by atoms with Crippen LogP contribution in [0.2, 0.25) is 0 Å². The van der Waals surface area contributed by atoms with Gasteiger partial charge in [-0.05, 0) is 60.5 Å². The molecular weight excluding hydrogens is 585 g/mol. The number of benzene rings is 4. The minimum absolute atomic E-state index is 0.118. The number of ether oxygens (including phenoxy) is 3. The molecule has 0 aromatic heterocycles. The standard InChI is InChI=1S/C33H32N2O6S2/c1-39-27-17-16-23(20-28(27)40-2)18-19-34-32(37)22-42-29-14-8-6-12-25(29)33(38)41-21-31(36)35-26-13-7-9-15-30(26)43-24-10-4-3-5-11-24/h3-17,20H,18-19,21-22H2,1-2H3,(H,34,37)(H,35,36). The summed E-state index contributed by atoms with van der Waals surface area (Å²) in [7, 11) is 3.16. The Hall–Kier alpha value is -4.41. The molecule has 0 aliphatic heterocycles. The molecule has 0 fully saturated rings. The van der Waals surface area contributed by atoms with Crippen molar-refractivity contribution in [3.05, 3.63) is 108 Å². The van der Waals surface area contributed by atoms with Crippen molar-refractivity contribution in [2.24, 2.45) is 0 Å². The highest BCUT2D eigenvalue weighted by Gasteiger charge is 2.16. The van der Waals surface area contributed by atoms with E-state index in [1.165, 1.54) is 23.5 Å². The molecular formula is C33H32N2O6S2. The van der Waals surface area contributed by atoms with Crippen LogP contribution in [0, 0.1) is 0 Å². The number of hydrogen-bond acceptors (Lipinski definition) is 8. The number of nitrogens with one attached hydrogen (secondary N) is 2. The van der Waals surface area contributed by atoms with E-state index in [0.29, 0.717) is 40.6 Å². The molecule has 43 heavy (non-hydrogen) atoms. The fourth-order valence-electron chi connectivity index (χ4n) is 4.01. The largest absolute Gasteiger partial charge is 0.493 e. The first-order chi connectivity index (χ1) is 21.0. The van der Waals surface area contributed by atoms with Crippen LogP contribution in [0.25, 0.3) is 0 Å². The van der Waals surface area contributed by atoms with E-state index in [2.05, 4.69) is 10.6 Å². The van der Waals surface area contributed by atoms with Crippen LogP contribution in [0.1, 0.15) is 15.9 Å². The molecule has 0 saturated heterocycles. The average Bonchev–Trinajstić information content (AvgIpc) is 3.04. The lowest BCUT2D eigenvalue weighted by molar-refractivity contribution is -0.119. The third-order valence-corrected chi connectivity index (χ3v) is 8.27. The van der Waals surface area contributed by atoms with Gasteiger partial charge in [-0.15, -0.1) is 11.8 Å². The molecule has 2 amide bonds. The molecule has 8 nitrogen and oxygen atoms in total. The quantitative estimate of drug-likeness (QED) is 0.129. The molecule has 0 unspecified atom stereocenters. The molecule has 4 rings (SSSR count). The van der Waals surface area contributed by atoms with E-state index >= 15 is 0 Å². The molecule has 10 heteroatoms. The summed E-state index contributed by atoms with van der Waals surface area (Å²) in [5.41, 5.74) is 1.92. The van der Waals surface area contributed by atoms with Gasteiger partial charge in [0.15, 0.2) is 18.1 Å². The highest BCUT2D eigenvalue weighted by molar-refractivity contribution is 8.00. The van der Waals surface area contributed by atoms with Gasteiger partial charge in [-0.3, -0.25) is 9.59 Å². The van der Waals surface area contributed by atoms with Crippen LogP contribution in [0.3, 0.4) is 0 Å². The Morgan fingerprint density at radius 1 is 0.744 bits per heavy atom. The van der Waals surface area contributed by atoms with Crippen molar-refractivity contribution in [2.75, 3.05) is 38.4 Å². The molecule has 0 aliphatic carbocycles. The summed E-state index contributed by atoms with van der Waals surface area (Å²) in [6.45, 7) is -0.000531. The van der Waals surface area contributed by atoms with Gasteiger partial charge in [0.25, 0.3) is 5.91 Å². The van der Waals surface area contributed by atoms with E-state index in [9.17, 15) is 14.4 Å². The Morgan fingerprint density at radius 2 is 1.44 bits per heavy atom. The maximum Gasteiger partial charge on any atom is 0.339 e. The second kappa shape index (κ2) is 16.3. The lowest BCUT2D eigenvalue weighted by atomic mass is 10.1. The third-order valence-electron chi connectivity index (χ3n) is 6.12. The Bertz CT molecular complexity index is 1550. The zero-order valence-corrected chi connectivity index (χ0v) is 25.5. The number of esters is 1.